The van der Waals surface area contributed by atoms with Crippen LogP contribution < -0.4 is 0 Å². The lowest BCUT2D eigenvalue weighted by Gasteiger charge is -2.35. The molecule has 154 valence electrons. The van der Waals surface area contributed by atoms with E-state index in [4.69, 9.17) is 4.74 Å². The van der Waals surface area contributed by atoms with Gasteiger partial charge in [0.2, 0.25) is 0 Å². The molecule has 0 unspecified atom stereocenters. The second kappa shape index (κ2) is 10.3. The largest absolute Gasteiger partial charge is 0.464 e. The van der Waals surface area contributed by atoms with Gasteiger partial charge in [0, 0.05) is 11.3 Å². The molecule has 0 aromatic heterocycles. The predicted molar refractivity (Wildman–Crippen MR) is 114 cm³/mol. The maximum absolute atomic E-state index is 13.4. The smallest absolute Gasteiger partial charge is 0.329 e. The van der Waals surface area contributed by atoms with Gasteiger partial charge in [0.1, 0.15) is 6.04 Å². The Balaban J connectivity index is 1.80. The topological polar surface area (TPSA) is 46.6 Å². The highest BCUT2D eigenvalue weighted by atomic mass is 32.2. The minimum absolute atomic E-state index is 0.0272. The SMILES string of the molecule is CCCCOC(=O)[C@H]1CS[C@H](C2CCCCC2)N1C(=O)c1ccc(CC)cc1. The summed E-state index contributed by atoms with van der Waals surface area (Å²) in [5.41, 5.74) is 1.89. The number of carbonyl (C=O) groups excluding carboxylic acids is 2. The maximum Gasteiger partial charge on any atom is 0.329 e. The molecule has 1 saturated carbocycles. The van der Waals surface area contributed by atoms with Gasteiger partial charge in [-0.1, -0.05) is 51.7 Å². The van der Waals surface area contributed by atoms with Gasteiger partial charge in [-0.3, -0.25) is 4.79 Å². The first kappa shape index (κ1) is 21.2. The van der Waals surface area contributed by atoms with Gasteiger partial charge in [-0.2, -0.15) is 0 Å². The van der Waals surface area contributed by atoms with Crippen LogP contribution in [0.1, 0.15) is 74.7 Å². The molecule has 2 atom stereocenters. The molecular formula is C23H33NO3S. The highest BCUT2D eigenvalue weighted by Crippen LogP contribution is 2.41. The number of esters is 1. The number of amides is 1. The Bertz CT molecular complexity index is 654. The Morgan fingerprint density at radius 1 is 1.11 bits per heavy atom. The standard InChI is InChI=1S/C23H33NO3S/c1-3-5-15-27-23(26)20-16-28-22(19-9-7-6-8-10-19)24(20)21(25)18-13-11-17(4-2)12-14-18/h11-14,19-20,22H,3-10,15-16H2,1-2H3/t20-,22-/m1/s1. The van der Waals surface area contributed by atoms with Crippen LogP contribution in [0.4, 0.5) is 0 Å². The van der Waals surface area contributed by atoms with Gasteiger partial charge in [0.05, 0.1) is 12.0 Å². The van der Waals surface area contributed by atoms with Crippen LogP contribution in [0, 0.1) is 5.92 Å². The lowest BCUT2D eigenvalue weighted by Crippen LogP contribution is -2.48. The van der Waals surface area contributed by atoms with Crippen LogP contribution in [0.25, 0.3) is 0 Å². The van der Waals surface area contributed by atoms with E-state index in [2.05, 4.69) is 13.8 Å². The molecule has 1 amide bonds. The van der Waals surface area contributed by atoms with E-state index in [1.54, 1.807) is 11.8 Å². The molecule has 1 aliphatic carbocycles. The number of benzene rings is 1. The monoisotopic (exact) mass is 403 g/mol. The van der Waals surface area contributed by atoms with Crippen molar-refractivity contribution in [3.8, 4) is 0 Å². The Kier molecular flexibility index (Phi) is 7.83. The average molecular weight is 404 g/mol. The lowest BCUT2D eigenvalue weighted by molar-refractivity contribution is -0.148. The molecule has 28 heavy (non-hydrogen) atoms. The number of nitrogens with zero attached hydrogens (tertiary/aromatic N) is 1. The van der Waals surface area contributed by atoms with Gasteiger partial charge in [0.25, 0.3) is 5.91 Å². The molecule has 2 fully saturated rings. The van der Waals surface area contributed by atoms with Gasteiger partial charge in [-0.15, -0.1) is 11.8 Å². The van der Waals surface area contributed by atoms with Crippen molar-refractivity contribution in [2.24, 2.45) is 5.92 Å². The van der Waals surface area contributed by atoms with Gasteiger partial charge >= 0.3 is 5.97 Å². The predicted octanol–water partition coefficient (Wildman–Crippen LogP) is 5.06. The molecule has 1 heterocycles. The van der Waals surface area contributed by atoms with Gasteiger partial charge < -0.3 is 9.64 Å². The zero-order valence-corrected chi connectivity index (χ0v) is 18.0. The average Bonchev–Trinajstić information content (AvgIpc) is 3.19. The number of aryl methyl sites for hydroxylation is 1. The molecule has 0 N–H and O–H groups in total. The minimum Gasteiger partial charge on any atom is -0.464 e. The first-order valence-electron chi connectivity index (χ1n) is 10.9. The highest BCUT2D eigenvalue weighted by molar-refractivity contribution is 8.00. The molecule has 5 heteroatoms. The molecule has 0 bridgehead atoms. The summed E-state index contributed by atoms with van der Waals surface area (Å²) in [4.78, 5) is 28.1. The molecule has 2 aliphatic rings. The quantitative estimate of drug-likeness (QED) is 0.472. The summed E-state index contributed by atoms with van der Waals surface area (Å²) in [7, 11) is 0. The molecule has 0 radical (unpaired) electrons. The second-order valence-corrected chi connectivity index (χ2v) is 9.07. The minimum atomic E-state index is -0.466. The number of ether oxygens (including phenoxy) is 1. The Morgan fingerprint density at radius 3 is 2.46 bits per heavy atom. The van der Waals surface area contributed by atoms with Crippen molar-refractivity contribution >= 4 is 23.6 Å². The fourth-order valence-electron chi connectivity index (χ4n) is 4.19. The van der Waals surface area contributed by atoms with Gasteiger partial charge in [-0.05, 0) is 49.3 Å². The van der Waals surface area contributed by atoms with Crippen LogP contribution in [-0.4, -0.2) is 40.6 Å². The van der Waals surface area contributed by atoms with Gasteiger partial charge in [0.15, 0.2) is 0 Å². The molecule has 1 aromatic rings. The number of carbonyl (C=O) groups is 2. The van der Waals surface area contributed by atoms with Crippen molar-refractivity contribution in [1.29, 1.82) is 0 Å². The fourth-order valence-corrected chi connectivity index (χ4v) is 5.82. The van der Waals surface area contributed by atoms with E-state index in [0.717, 1.165) is 32.1 Å². The summed E-state index contributed by atoms with van der Waals surface area (Å²) in [5.74, 6) is 0.856. The highest BCUT2D eigenvalue weighted by Gasteiger charge is 2.45. The van der Waals surface area contributed by atoms with Gasteiger partial charge in [-0.25, -0.2) is 4.79 Å². The van der Waals surface area contributed by atoms with Crippen molar-refractivity contribution < 1.29 is 14.3 Å². The Morgan fingerprint density at radius 2 is 1.82 bits per heavy atom. The summed E-state index contributed by atoms with van der Waals surface area (Å²) >= 11 is 1.77. The van der Waals surface area contributed by atoms with Crippen molar-refractivity contribution in [2.75, 3.05) is 12.4 Å². The molecular weight excluding hydrogens is 370 g/mol. The molecule has 1 saturated heterocycles. The third-order valence-corrected chi connectivity index (χ3v) is 7.41. The fraction of sp³-hybridized carbons (Fsp3) is 0.652. The van der Waals surface area contributed by atoms with E-state index in [1.807, 2.05) is 29.2 Å². The summed E-state index contributed by atoms with van der Waals surface area (Å²) in [5, 5.41) is 0.0855. The van der Waals surface area contributed by atoms with Crippen LogP contribution in [0.15, 0.2) is 24.3 Å². The van der Waals surface area contributed by atoms with Crippen LogP contribution in [0.2, 0.25) is 0 Å². The third-order valence-electron chi connectivity index (χ3n) is 5.95. The van der Waals surface area contributed by atoms with E-state index in [-0.39, 0.29) is 17.3 Å². The van der Waals surface area contributed by atoms with E-state index < -0.39 is 6.04 Å². The van der Waals surface area contributed by atoms with Crippen LogP contribution >= 0.6 is 11.8 Å². The van der Waals surface area contributed by atoms with Crippen LogP contribution in [-0.2, 0) is 16.0 Å². The second-order valence-electron chi connectivity index (χ2n) is 7.92. The first-order chi connectivity index (χ1) is 13.7. The van der Waals surface area contributed by atoms with Crippen molar-refractivity contribution in [2.45, 2.75) is 76.6 Å². The van der Waals surface area contributed by atoms with Crippen LogP contribution in [0.3, 0.4) is 0 Å². The number of hydrogen-bond acceptors (Lipinski definition) is 4. The van der Waals surface area contributed by atoms with Crippen molar-refractivity contribution in [3.05, 3.63) is 35.4 Å². The van der Waals surface area contributed by atoms with Crippen molar-refractivity contribution in [1.82, 2.24) is 4.90 Å². The zero-order chi connectivity index (χ0) is 19.9. The Labute approximate surface area is 173 Å². The zero-order valence-electron chi connectivity index (χ0n) is 17.2. The number of thioether (sulfide) groups is 1. The number of unbranched alkanes of at least 4 members (excludes halogenated alkanes) is 1. The van der Waals surface area contributed by atoms with Crippen molar-refractivity contribution in [3.63, 3.8) is 0 Å². The third kappa shape index (κ3) is 4.91. The molecule has 1 aliphatic heterocycles. The first-order valence-corrected chi connectivity index (χ1v) is 11.9. The van der Waals surface area contributed by atoms with E-state index >= 15 is 0 Å². The molecule has 3 rings (SSSR count). The summed E-state index contributed by atoms with van der Waals surface area (Å²) in [6.45, 7) is 4.63. The maximum atomic E-state index is 13.4. The van der Waals surface area contributed by atoms with Crippen LogP contribution in [0.5, 0.6) is 0 Å². The van der Waals surface area contributed by atoms with E-state index in [0.29, 0.717) is 23.8 Å². The number of rotatable bonds is 7. The summed E-state index contributed by atoms with van der Waals surface area (Å²) in [6, 6.07) is 7.37. The molecule has 1 aromatic carbocycles. The van der Waals surface area contributed by atoms with E-state index in [9.17, 15) is 9.59 Å². The lowest BCUT2D eigenvalue weighted by atomic mass is 9.88. The molecule has 4 nitrogen and oxygen atoms in total. The summed E-state index contributed by atoms with van der Waals surface area (Å²) < 4.78 is 5.51. The normalized spacial score (nSPS) is 23.0. The Hall–Kier alpha value is -1.49. The summed E-state index contributed by atoms with van der Waals surface area (Å²) in [6.07, 6.45) is 8.82. The molecule has 0 spiro atoms. The van der Waals surface area contributed by atoms with E-state index in [1.165, 1.54) is 24.8 Å². The number of hydrogen-bond donors (Lipinski definition) is 0.